The predicted molar refractivity (Wildman–Crippen MR) is 374 cm³/mol. The van der Waals surface area contributed by atoms with Crippen molar-refractivity contribution in [3.05, 3.63) is 137 Å². The summed E-state index contributed by atoms with van der Waals surface area (Å²) in [5.41, 5.74) is 1.86. The number of hydrogen-bond acceptors (Lipinski definition) is 11. The molecule has 0 spiro atoms. The van der Waals surface area contributed by atoms with Gasteiger partial charge in [-0.1, -0.05) is 254 Å². The maximum atomic E-state index is 12.8. The minimum absolute atomic E-state index is 0.00348. The third kappa shape index (κ3) is 34.4. The average molecular weight is 1340 g/mol. The fourth-order valence-electron chi connectivity index (χ4n) is 11.2. The Hall–Kier alpha value is -8.23. The van der Waals surface area contributed by atoms with Crippen molar-refractivity contribution in [1.29, 1.82) is 0 Å². The van der Waals surface area contributed by atoms with Gasteiger partial charge < -0.3 is 56.0 Å². The van der Waals surface area contributed by atoms with Crippen molar-refractivity contribution in [1.82, 2.24) is 10.2 Å². The van der Waals surface area contributed by atoms with Crippen LogP contribution < -0.4 is 10.6 Å². The molecule has 1 heterocycles. The predicted octanol–water partition coefficient (Wildman–Crippen LogP) is 15.9. The molecule has 0 radical (unpaired) electrons. The first-order chi connectivity index (χ1) is 46.1. The molecule has 96 heavy (non-hydrogen) atoms. The summed E-state index contributed by atoms with van der Waals surface area (Å²) >= 11 is 0. The Morgan fingerprint density at radius 3 is 1.30 bits per heavy atom. The van der Waals surface area contributed by atoms with Gasteiger partial charge in [-0.25, -0.2) is 19.2 Å². The molecule has 4 aromatic rings. The fraction of sp³-hybridized carbons (Fsp3) is 0.539. The van der Waals surface area contributed by atoms with E-state index in [9.17, 15) is 58.5 Å². The van der Waals surface area contributed by atoms with Crippen molar-refractivity contribution in [2.24, 2.45) is 5.92 Å². The van der Waals surface area contributed by atoms with E-state index in [0.717, 1.165) is 67.5 Å². The Morgan fingerprint density at radius 1 is 0.490 bits per heavy atom. The molecule has 0 bridgehead atoms. The van der Waals surface area contributed by atoms with Gasteiger partial charge in [-0.05, 0) is 73.2 Å². The monoisotopic (exact) mass is 1340 g/mol. The molecule has 5 rings (SSSR count). The van der Waals surface area contributed by atoms with Crippen molar-refractivity contribution >= 4 is 59.2 Å². The zero-order chi connectivity index (χ0) is 70.9. The number of carboxylic acids is 6. The summed E-state index contributed by atoms with van der Waals surface area (Å²) in [4.78, 5) is 104. The molecule has 1 aliphatic rings. The zero-order valence-corrected chi connectivity index (χ0v) is 57.3. The first kappa shape index (κ1) is 83.9. The van der Waals surface area contributed by atoms with Crippen LogP contribution in [0.3, 0.4) is 0 Å². The second-order valence-electron chi connectivity index (χ2n) is 24.5. The molecule has 20 heteroatoms. The molecule has 0 saturated carbocycles. The van der Waals surface area contributed by atoms with E-state index in [4.69, 9.17) is 25.2 Å². The molecule has 1 aliphatic heterocycles. The number of para-hydroxylation sites is 1. The van der Waals surface area contributed by atoms with Crippen molar-refractivity contribution in [2.45, 2.75) is 226 Å². The van der Waals surface area contributed by atoms with E-state index in [2.05, 4.69) is 24.5 Å². The Morgan fingerprint density at radius 2 is 0.885 bits per heavy atom. The number of morpholine rings is 1. The summed E-state index contributed by atoms with van der Waals surface area (Å²) in [5.74, 6) is -10.5. The van der Waals surface area contributed by atoms with Gasteiger partial charge in [-0.2, -0.15) is 0 Å². The number of unbranched alkanes of at least 4 members (excludes halogenated alkanes) is 26. The number of aryl methyl sites for hydroxylation is 2. The number of carboxylic acid groups (broad SMARTS) is 6. The van der Waals surface area contributed by atoms with Gasteiger partial charge >= 0.3 is 35.8 Å². The van der Waals surface area contributed by atoms with Crippen LogP contribution in [-0.4, -0.2) is 133 Å². The van der Waals surface area contributed by atoms with E-state index in [-0.39, 0.29) is 34.9 Å². The molecular formula is C76H109N3O17. The molecule has 2 unspecified atom stereocenters. The Bertz CT molecular complexity index is 2990. The molecule has 0 aliphatic carbocycles. The van der Waals surface area contributed by atoms with E-state index in [1.807, 2.05) is 38.1 Å². The summed E-state index contributed by atoms with van der Waals surface area (Å²) in [6.07, 6.45) is 35.1. The van der Waals surface area contributed by atoms with Gasteiger partial charge in [-0.3, -0.25) is 24.0 Å². The lowest BCUT2D eigenvalue weighted by Gasteiger charge is -2.28. The molecule has 1 saturated heterocycles. The number of amides is 3. The van der Waals surface area contributed by atoms with Crippen LogP contribution >= 0.6 is 0 Å². The zero-order valence-electron chi connectivity index (χ0n) is 57.3. The fourth-order valence-corrected chi connectivity index (χ4v) is 11.2. The number of carbonyl (C=O) groups excluding carboxylic acids is 3. The number of ether oxygens (including phenoxy) is 1. The number of nitrogens with zero attached hydrogens (tertiary/aromatic N) is 1. The highest BCUT2D eigenvalue weighted by Gasteiger charge is 2.49. The molecular weight excluding hydrogens is 1230 g/mol. The number of benzene rings is 4. The van der Waals surface area contributed by atoms with Gasteiger partial charge in [-0.15, -0.1) is 0 Å². The number of nitrogens with one attached hydrogen (secondary N) is 2. The van der Waals surface area contributed by atoms with Gasteiger partial charge in [0.1, 0.15) is 0 Å². The van der Waals surface area contributed by atoms with E-state index in [1.54, 1.807) is 59.5 Å². The van der Waals surface area contributed by atoms with Crippen LogP contribution in [0.2, 0.25) is 0 Å². The molecule has 20 nitrogen and oxygen atoms in total. The highest BCUT2D eigenvalue weighted by atomic mass is 16.5. The van der Waals surface area contributed by atoms with Crippen molar-refractivity contribution in [3.63, 3.8) is 0 Å². The smallest absolute Gasteiger partial charge is 0.337 e. The number of aliphatic carboxylic acids is 4. The standard InChI is InChI=1S/C22H40O7.C20H37NO3.C18H17NO4.C16H15NO3/c1-2-3-4-5-6-7-8-9-10-11-12-13-14-15-16-18(20(25)26)22(29,21(27)28)17-19(23)24;1-2-3-4-5-6-7-8-9-10-11-12-13-14-15-18-21-19(22)16-17-20(23)24;20-17(19-9-11-23-12-10-19)15-7-3-1-5-13(15)14-6-2-4-8-16(14)18(21)22;1-10-6-5-7-11(2)14(10)17-15(18)12-8-3-4-9-13(12)16(19)20/h18,29H,2-17H2,1H3,(H,23,24)(H,25,26)(H,27,28);16-17H,2-15,18H2,1H3,(H,21,22)(H,23,24);1-8H,9-12H2,(H,21,22);3-9H,1-2H3,(H,17,18)(H,19,20)/b;17-16-;;. The van der Waals surface area contributed by atoms with Crippen LogP contribution in [0.5, 0.6) is 0 Å². The molecule has 1 fully saturated rings. The van der Waals surface area contributed by atoms with E-state index in [0.29, 0.717) is 56.0 Å². The minimum Gasteiger partial charge on any atom is -0.481 e. The lowest BCUT2D eigenvalue weighted by Crippen LogP contribution is -2.50. The SMILES string of the molecule is CCCCCCCCCCCCCCCCC(C(=O)O)C(O)(CC(=O)O)C(=O)O.CCCCCCCCCCCCCCCCNC(=O)/C=C\C(=O)O.Cc1cccc(C)c1NC(=O)c1ccccc1C(=O)O.O=C(O)c1ccccc1-c1ccccc1C(=O)N1CCOCC1. The Kier molecular flexibility index (Phi) is 43.8. The van der Waals surface area contributed by atoms with E-state index in [1.165, 1.54) is 147 Å². The quantitative estimate of drug-likeness (QED) is 0.0147. The highest BCUT2D eigenvalue weighted by Crippen LogP contribution is 2.31. The van der Waals surface area contributed by atoms with Gasteiger partial charge in [0.15, 0.2) is 5.60 Å². The summed E-state index contributed by atoms with van der Waals surface area (Å²) in [5, 5.41) is 69.7. The van der Waals surface area contributed by atoms with Crippen LogP contribution in [0, 0.1) is 19.8 Å². The molecule has 2 atom stereocenters. The average Bonchev–Trinajstić information content (AvgIpc) is 0.814. The first-order valence-corrected chi connectivity index (χ1v) is 34.7. The third-order valence-corrected chi connectivity index (χ3v) is 16.7. The summed E-state index contributed by atoms with van der Waals surface area (Å²) in [6, 6.07) is 25.7. The Balaban J connectivity index is 0.000000438. The summed E-state index contributed by atoms with van der Waals surface area (Å²) < 4.78 is 5.28. The van der Waals surface area contributed by atoms with Crippen LogP contribution in [-0.2, 0) is 28.7 Å². The van der Waals surface area contributed by atoms with Crippen LogP contribution in [0.4, 0.5) is 5.69 Å². The normalized spacial score (nSPS) is 12.7. The molecule has 530 valence electrons. The highest BCUT2D eigenvalue weighted by molar-refractivity contribution is 6.11. The van der Waals surface area contributed by atoms with Gasteiger partial charge in [0.2, 0.25) is 5.91 Å². The van der Waals surface area contributed by atoms with Gasteiger partial charge in [0.05, 0.1) is 42.2 Å². The largest absolute Gasteiger partial charge is 0.481 e. The maximum Gasteiger partial charge on any atom is 0.337 e. The van der Waals surface area contributed by atoms with Crippen LogP contribution in [0.25, 0.3) is 11.1 Å². The number of aromatic carboxylic acids is 2. The van der Waals surface area contributed by atoms with Crippen LogP contribution in [0.1, 0.15) is 259 Å². The third-order valence-electron chi connectivity index (χ3n) is 16.7. The van der Waals surface area contributed by atoms with E-state index >= 15 is 0 Å². The number of anilines is 1. The number of carbonyl (C=O) groups is 9. The molecule has 9 N–H and O–H groups in total. The summed E-state index contributed by atoms with van der Waals surface area (Å²) in [7, 11) is 0. The van der Waals surface area contributed by atoms with E-state index < -0.39 is 59.7 Å². The molecule has 4 aromatic carbocycles. The number of aliphatic hydroxyl groups is 1. The summed E-state index contributed by atoms with van der Waals surface area (Å²) in [6.45, 7) is 11.1. The molecule has 3 amide bonds. The lowest BCUT2D eigenvalue weighted by atomic mass is 9.81. The second-order valence-corrected chi connectivity index (χ2v) is 24.5. The van der Waals surface area contributed by atoms with Gasteiger partial charge in [0.25, 0.3) is 11.8 Å². The number of hydrogen-bond donors (Lipinski definition) is 9. The molecule has 0 aromatic heterocycles. The minimum atomic E-state index is -2.78. The second kappa shape index (κ2) is 50.2. The van der Waals surface area contributed by atoms with Crippen molar-refractivity contribution < 1.29 is 83.6 Å². The maximum absolute atomic E-state index is 12.8. The topological polar surface area (TPSA) is 332 Å². The van der Waals surface area contributed by atoms with Crippen molar-refractivity contribution in [2.75, 3.05) is 38.2 Å². The van der Waals surface area contributed by atoms with Crippen LogP contribution in [0.15, 0.2) is 103 Å². The lowest BCUT2D eigenvalue weighted by molar-refractivity contribution is -0.179. The van der Waals surface area contributed by atoms with Gasteiger partial charge in [0, 0.05) is 43.0 Å². The van der Waals surface area contributed by atoms with Crippen molar-refractivity contribution in [3.8, 4) is 11.1 Å². The Labute approximate surface area is 568 Å². The number of rotatable bonds is 43. The first-order valence-electron chi connectivity index (χ1n) is 34.7.